The number of pyridine rings is 1. The third-order valence-corrected chi connectivity index (χ3v) is 2.32. The molecule has 0 bridgehead atoms. The summed E-state index contributed by atoms with van der Waals surface area (Å²) < 4.78 is 0. The lowest BCUT2D eigenvalue weighted by atomic mass is 10.1. The number of piperidine rings is 1. The van der Waals surface area contributed by atoms with E-state index in [2.05, 4.69) is 4.98 Å². The Morgan fingerprint density at radius 1 is 1.31 bits per heavy atom. The van der Waals surface area contributed by atoms with Gasteiger partial charge in [0.25, 0.3) is 0 Å². The minimum Gasteiger partial charge on any atom is -0.493 e. The van der Waals surface area contributed by atoms with Crippen LogP contribution in [0.25, 0.3) is 0 Å². The van der Waals surface area contributed by atoms with Crippen molar-refractivity contribution >= 4 is 6.03 Å². The first-order chi connectivity index (χ1) is 7.70. The van der Waals surface area contributed by atoms with E-state index in [-0.39, 0.29) is 11.9 Å². The number of nitrogens with two attached hydrogens (primary N) is 1. The van der Waals surface area contributed by atoms with Gasteiger partial charge >= 0.3 is 6.03 Å². The zero-order valence-electron chi connectivity index (χ0n) is 9.17. The maximum Gasteiger partial charge on any atom is 0.314 e. The maximum atomic E-state index is 10.5. The molecule has 0 spiro atoms. The van der Waals surface area contributed by atoms with Crippen molar-refractivity contribution in [3.63, 3.8) is 0 Å². The number of carbonyl (C=O) groups excluding carboxylic acids is 1. The SMILES string of the molecule is NC(=O)N1CCCCC1.Oc1ccccn1. The van der Waals surface area contributed by atoms with Crippen LogP contribution < -0.4 is 5.73 Å². The topological polar surface area (TPSA) is 79.5 Å². The molecule has 2 rings (SSSR count). The van der Waals surface area contributed by atoms with Crippen LogP contribution in [0.1, 0.15) is 19.3 Å². The number of urea groups is 1. The van der Waals surface area contributed by atoms with Gasteiger partial charge in [-0.05, 0) is 25.3 Å². The number of aromatic hydroxyl groups is 1. The molecule has 1 saturated heterocycles. The molecule has 3 N–H and O–H groups in total. The van der Waals surface area contributed by atoms with Crippen LogP contribution in [0.4, 0.5) is 4.79 Å². The van der Waals surface area contributed by atoms with Gasteiger partial charge in [-0.2, -0.15) is 0 Å². The van der Waals surface area contributed by atoms with Crippen LogP contribution in [0.5, 0.6) is 5.88 Å². The lowest BCUT2D eigenvalue weighted by molar-refractivity contribution is 0.196. The number of nitrogens with zero attached hydrogens (tertiary/aromatic N) is 2. The highest BCUT2D eigenvalue weighted by atomic mass is 16.3. The van der Waals surface area contributed by atoms with E-state index in [9.17, 15) is 4.79 Å². The van der Waals surface area contributed by atoms with Crippen LogP contribution in [0.2, 0.25) is 0 Å². The fraction of sp³-hybridized carbons (Fsp3) is 0.455. The van der Waals surface area contributed by atoms with E-state index in [1.165, 1.54) is 18.7 Å². The predicted molar refractivity (Wildman–Crippen MR) is 60.9 cm³/mol. The molecule has 1 aromatic rings. The second kappa shape index (κ2) is 6.66. The molecule has 0 aromatic carbocycles. The van der Waals surface area contributed by atoms with E-state index in [0.717, 1.165) is 25.9 Å². The van der Waals surface area contributed by atoms with Crippen molar-refractivity contribution in [3.05, 3.63) is 24.4 Å². The quantitative estimate of drug-likeness (QED) is 0.696. The van der Waals surface area contributed by atoms with Gasteiger partial charge in [-0.15, -0.1) is 0 Å². The standard InChI is InChI=1S/C6H12N2O.C5H5NO/c7-6(9)8-4-2-1-3-5-8;7-5-3-1-2-4-6-5/h1-5H2,(H2,7,9);1-4H,(H,6,7). The van der Waals surface area contributed by atoms with Gasteiger partial charge in [0.2, 0.25) is 5.88 Å². The Bertz CT molecular complexity index is 310. The van der Waals surface area contributed by atoms with Gasteiger partial charge in [-0.25, -0.2) is 9.78 Å². The summed E-state index contributed by atoms with van der Waals surface area (Å²) >= 11 is 0. The zero-order valence-corrected chi connectivity index (χ0v) is 9.17. The van der Waals surface area contributed by atoms with Crippen molar-refractivity contribution in [1.29, 1.82) is 0 Å². The van der Waals surface area contributed by atoms with E-state index in [1.54, 1.807) is 17.0 Å². The molecule has 5 heteroatoms. The molecule has 2 amide bonds. The second-order valence-corrected chi connectivity index (χ2v) is 3.57. The lowest BCUT2D eigenvalue weighted by Gasteiger charge is -2.24. The number of primary amides is 1. The monoisotopic (exact) mass is 223 g/mol. The summed E-state index contributed by atoms with van der Waals surface area (Å²) in [4.78, 5) is 15.7. The van der Waals surface area contributed by atoms with E-state index in [0.29, 0.717) is 0 Å². The van der Waals surface area contributed by atoms with Crippen LogP contribution in [0, 0.1) is 0 Å². The highest BCUT2D eigenvalue weighted by molar-refractivity contribution is 5.71. The summed E-state index contributed by atoms with van der Waals surface area (Å²) in [5, 5.41) is 8.52. The van der Waals surface area contributed by atoms with Crippen LogP contribution in [0.3, 0.4) is 0 Å². The predicted octanol–water partition coefficient (Wildman–Crippen LogP) is 1.34. The fourth-order valence-electron chi connectivity index (χ4n) is 1.47. The molecule has 5 nitrogen and oxygen atoms in total. The average Bonchev–Trinajstić information content (AvgIpc) is 2.32. The average molecular weight is 223 g/mol. The Labute approximate surface area is 94.9 Å². The highest BCUT2D eigenvalue weighted by Gasteiger charge is 2.11. The minimum atomic E-state index is -0.269. The van der Waals surface area contributed by atoms with Crippen LogP contribution in [0.15, 0.2) is 24.4 Å². The Balaban J connectivity index is 0.000000165. The molecule has 1 aliphatic rings. The maximum absolute atomic E-state index is 10.5. The molecule has 16 heavy (non-hydrogen) atoms. The number of hydrogen-bond donors (Lipinski definition) is 2. The summed E-state index contributed by atoms with van der Waals surface area (Å²) in [6, 6.07) is 4.73. The molecule has 0 unspecified atom stereocenters. The first-order valence-corrected chi connectivity index (χ1v) is 5.34. The second-order valence-electron chi connectivity index (χ2n) is 3.57. The molecule has 1 aliphatic heterocycles. The highest BCUT2D eigenvalue weighted by Crippen LogP contribution is 2.07. The minimum absolute atomic E-state index is 0.0718. The summed E-state index contributed by atoms with van der Waals surface area (Å²) in [7, 11) is 0. The van der Waals surface area contributed by atoms with Crippen molar-refractivity contribution < 1.29 is 9.90 Å². The van der Waals surface area contributed by atoms with Gasteiger partial charge < -0.3 is 15.7 Å². The third-order valence-electron chi connectivity index (χ3n) is 2.32. The number of amides is 2. The number of aromatic nitrogens is 1. The molecule has 0 saturated carbocycles. The van der Waals surface area contributed by atoms with Gasteiger partial charge in [0.1, 0.15) is 0 Å². The molecule has 2 heterocycles. The first kappa shape index (κ1) is 12.3. The Kier molecular flexibility index (Phi) is 5.11. The fourth-order valence-corrected chi connectivity index (χ4v) is 1.47. The van der Waals surface area contributed by atoms with E-state index in [4.69, 9.17) is 10.8 Å². The normalized spacial score (nSPS) is 14.9. The van der Waals surface area contributed by atoms with E-state index < -0.39 is 0 Å². The molecule has 0 atom stereocenters. The Morgan fingerprint density at radius 3 is 2.31 bits per heavy atom. The number of rotatable bonds is 0. The number of likely N-dealkylation sites (tertiary alicyclic amines) is 1. The largest absolute Gasteiger partial charge is 0.493 e. The molecule has 1 aromatic heterocycles. The van der Waals surface area contributed by atoms with Gasteiger partial charge in [0, 0.05) is 25.4 Å². The molecule has 0 radical (unpaired) electrons. The van der Waals surface area contributed by atoms with E-state index >= 15 is 0 Å². The van der Waals surface area contributed by atoms with Crippen LogP contribution >= 0.6 is 0 Å². The number of hydrogen-bond acceptors (Lipinski definition) is 3. The smallest absolute Gasteiger partial charge is 0.314 e. The van der Waals surface area contributed by atoms with Gasteiger partial charge in [-0.3, -0.25) is 0 Å². The molecule has 1 fully saturated rings. The van der Waals surface area contributed by atoms with Gasteiger partial charge in [0.15, 0.2) is 0 Å². The zero-order chi connectivity index (χ0) is 11.8. The third kappa shape index (κ3) is 4.63. The molecular formula is C11H17N3O2. The van der Waals surface area contributed by atoms with Gasteiger partial charge in [-0.1, -0.05) is 6.07 Å². The first-order valence-electron chi connectivity index (χ1n) is 5.34. The van der Waals surface area contributed by atoms with Gasteiger partial charge in [0.05, 0.1) is 0 Å². The molecule has 0 aliphatic carbocycles. The van der Waals surface area contributed by atoms with Crippen molar-refractivity contribution in [1.82, 2.24) is 9.88 Å². The summed E-state index contributed by atoms with van der Waals surface area (Å²) in [5.41, 5.74) is 5.05. The van der Waals surface area contributed by atoms with Crippen molar-refractivity contribution in [2.45, 2.75) is 19.3 Å². The Morgan fingerprint density at radius 2 is 2.00 bits per heavy atom. The van der Waals surface area contributed by atoms with Crippen molar-refractivity contribution in [2.24, 2.45) is 5.73 Å². The van der Waals surface area contributed by atoms with Crippen molar-refractivity contribution in [2.75, 3.05) is 13.1 Å². The van der Waals surface area contributed by atoms with E-state index in [1.807, 2.05) is 0 Å². The summed E-state index contributed by atoms with van der Waals surface area (Å²) in [6.45, 7) is 1.71. The Hall–Kier alpha value is -1.78. The lowest BCUT2D eigenvalue weighted by Crippen LogP contribution is -2.39. The number of carbonyl (C=O) groups is 1. The summed E-state index contributed by atoms with van der Waals surface area (Å²) in [5.74, 6) is 0.0718. The summed E-state index contributed by atoms with van der Waals surface area (Å²) in [6.07, 6.45) is 5.00. The van der Waals surface area contributed by atoms with Crippen LogP contribution in [-0.2, 0) is 0 Å². The van der Waals surface area contributed by atoms with Crippen molar-refractivity contribution in [3.8, 4) is 5.88 Å². The molecular weight excluding hydrogens is 206 g/mol. The molecule has 88 valence electrons. The van der Waals surface area contributed by atoms with Crippen LogP contribution in [-0.4, -0.2) is 34.1 Å².